The van der Waals surface area contributed by atoms with Crippen molar-refractivity contribution in [3.8, 4) is 0 Å². The maximum absolute atomic E-state index is 12.7. The van der Waals surface area contributed by atoms with E-state index in [1.165, 1.54) is 12.1 Å². The average Bonchev–Trinajstić information content (AvgIpc) is 2.94. The van der Waals surface area contributed by atoms with Gasteiger partial charge in [-0.3, -0.25) is 4.79 Å². The second-order valence-corrected chi connectivity index (χ2v) is 5.09. The molecule has 1 amide bonds. The molecule has 0 unspecified atom stereocenters. The van der Waals surface area contributed by atoms with Crippen LogP contribution in [0.2, 0.25) is 0 Å². The maximum Gasteiger partial charge on any atom is 0.416 e. The number of carbonyl (C=O) groups is 1. The lowest BCUT2D eigenvalue weighted by Crippen LogP contribution is -2.31. The van der Waals surface area contributed by atoms with E-state index in [0.717, 1.165) is 6.07 Å². The second kappa shape index (κ2) is 6.47. The zero-order valence-corrected chi connectivity index (χ0v) is 11.8. The predicted molar refractivity (Wildman–Crippen MR) is 71.9 cm³/mol. The lowest BCUT2D eigenvalue weighted by molar-refractivity contribution is -0.137. The minimum Gasteiger partial charge on any atom is -0.372 e. The summed E-state index contributed by atoms with van der Waals surface area (Å²) in [5.74, 6) is -0.149. The summed E-state index contributed by atoms with van der Waals surface area (Å²) >= 11 is 0. The van der Waals surface area contributed by atoms with Gasteiger partial charge in [-0.05, 0) is 25.0 Å². The van der Waals surface area contributed by atoms with Crippen LogP contribution in [0.15, 0.2) is 24.3 Å². The molecule has 116 valence electrons. The van der Waals surface area contributed by atoms with Crippen molar-refractivity contribution in [1.82, 2.24) is 4.90 Å². The summed E-state index contributed by atoms with van der Waals surface area (Å²) in [6.45, 7) is 3.32. The zero-order valence-electron chi connectivity index (χ0n) is 11.8. The lowest BCUT2D eigenvalue weighted by atomic mass is 9.96. The number of carbonyl (C=O) groups excluding carboxylic acids is 1. The van der Waals surface area contributed by atoms with E-state index in [4.69, 9.17) is 4.74 Å². The van der Waals surface area contributed by atoms with Crippen LogP contribution < -0.4 is 0 Å². The Morgan fingerprint density at radius 1 is 1.43 bits per heavy atom. The number of rotatable bonds is 4. The summed E-state index contributed by atoms with van der Waals surface area (Å²) in [7, 11) is 0. The van der Waals surface area contributed by atoms with Crippen LogP contribution in [0.25, 0.3) is 0 Å². The number of halogens is 3. The van der Waals surface area contributed by atoms with Crippen LogP contribution in [0.1, 0.15) is 30.4 Å². The summed E-state index contributed by atoms with van der Waals surface area (Å²) < 4.78 is 43.2. The maximum atomic E-state index is 12.7. The molecule has 2 rings (SSSR count). The van der Waals surface area contributed by atoms with Gasteiger partial charge in [0.15, 0.2) is 0 Å². The van der Waals surface area contributed by atoms with E-state index in [1.807, 2.05) is 6.92 Å². The Morgan fingerprint density at radius 3 is 2.86 bits per heavy atom. The molecule has 0 aliphatic carbocycles. The van der Waals surface area contributed by atoms with Gasteiger partial charge < -0.3 is 9.64 Å². The standard InChI is InChI=1S/C15H18F3NO2/c1-2-21-10-14(20)19-7-6-12(9-19)11-4-3-5-13(8-11)15(16,17)18/h3-5,8,12H,2,6-7,9-10H2,1H3/t12-/m1/s1. The Hall–Kier alpha value is -1.56. The molecule has 1 aliphatic heterocycles. The molecule has 1 fully saturated rings. The van der Waals surface area contributed by atoms with Gasteiger partial charge in [0.2, 0.25) is 5.91 Å². The fourth-order valence-electron chi connectivity index (χ4n) is 2.51. The molecule has 1 heterocycles. The van der Waals surface area contributed by atoms with Gasteiger partial charge >= 0.3 is 6.18 Å². The van der Waals surface area contributed by atoms with E-state index in [-0.39, 0.29) is 18.4 Å². The number of ether oxygens (including phenoxy) is 1. The van der Waals surface area contributed by atoms with Gasteiger partial charge in [0, 0.05) is 25.6 Å². The summed E-state index contributed by atoms with van der Waals surface area (Å²) in [6.07, 6.45) is -3.65. The highest BCUT2D eigenvalue weighted by Gasteiger charge is 2.32. The van der Waals surface area contributed by atoms with Crippen molar-refractivity contribution in [2.75, 3.05) is 26.3 Å². The van der Waals surface area contributed by atoms with Crippen molar-refractivity contribution in [2.45, 2.75) is 25.4 Å². The smallest absolute Gasteiger partial charge is 0.372 e. The summed E-state index contributed by atoms with van der Waals surface area (Å²) in [4.78, 5) is 13.5. The number of likely N-dealkylation sites (tertiary alicyclic amines) is 1. The molecule has 0 N–H and O–H groups in total. The zero-order chi connectivity index (χ0) is 15.5. The molecule has 1 atom stereocenters. The highest BCUT2D eigenvalue weighted by atomic mass is 19.4. The molecule has 21 heavy (non-hydrogen) atoms. The van der Waals surface area contributed by atoms with E-state index in [1.54, 1.807) is 11.0 Å². The third kappa shape index (κ3) is 3.97. The largest absolute Gasteiger partial charge is 0.416 e. The topological polar surface area (TPSA) is 29.5 Å². The van der Waals surface area contributed by atoms with Gasteiger partial charge in [0.05, 0.1) is 5.56 Å². The van der Waals surface area contributed by atoms with Crippen molar-refractivity contribution in [2.24, 2.45) is 0 Å². The highest BCUT2D eigenvalue weighted by molar-refractivity contribution is 5.77. The quantitative estimate of drug-likeness (QED) is 0.855. The van der Waals surface area contributed by atoms with E-state index < -0.39 is 11.7 Å². The van der Waals surface area contributed by atoms with E-state index in [2.05, 4.69) is 0 Å². The van der Waals surface area contributed by atoms with Gasteiger partial charge in [0.1, 0.15) is 6.61 Å². The monoisotopic (exact) mass is 301 g/mol. The average molecular weight is 301 g/mol. The molecule has 1 saturated heterocycles. The molecule has 0 bridgehead atoms. The van der Waals surface area contributed by atoms with Gasteiger partial charge in [-0.2, -0.15) is 13.2 Å². The summed E-state index contributed by atoms with van der Waals surface area (Å²) in [6, 6.07) is 5.36. The predicted octanol–water partition coefficient (Wildman–Crippen LogP) is 3.06. The molecule has 1 aliphatic rings. The first-order valence-corrected chi connectivity index (χ1v) is 6.94. The molecule has 0 aromatic heterocycles. The lowest BCUT2D eigenvalue weighted by Gasteiger charge is -2.17. The molecule has 1 aromatic carbocycles. The minimum absolute atomic E-state index is 0.0335. The van der Waals surface area contributed by atoms with Crippen LogP contribution in [0.4, 0.5) is 13.2 Å². The van der Waals surface area contributed by atoms with Crippen LogP contribution in [0.3, 0.4) is 0 Å². The van der Waals surface area contributed by atoms with Crippen LogP contribution in [0.5, 0.6) is 0 Å². The van der Waals surface area contributed by atoms with E-state index in [9.17, 15) is 18.0 Å². The van der Waals surface area contributed by atoms with Crippen LogP contribution in [-0.4, -0.2) is 37.1 Å². The van der Waals surface area contributed by atoms with Gasteiger partial charge in [-0.1, -0.05) is 18.2 Å². The van der Waals surface area contributed by atoms with Gasteiger partial charge in [-0.15, -0.1) is 0 Å². The third-order valence-corrected chi connectivity index (χ3v) is 3.66. The Morgan fingerprint density at radius 2 is 2.19 bits per heavy atom. The first-order valence-electron chi connectivity index (χ1n) is 6.94. The molecule has 0 saturated carbocycles. The SMILES string of the molecule is CCOCC(=O)N1CC[C@@H](c2cccc(C(F)(F)F)c2)C1. The number of hydrogen-bond donors (Lipinski definition) is 0. The Balaban J connectivity index is 2.03. The minimum atomic E-state index is -4.33. The van der Waals surface area contributed by atoms with Crippen molar-refractivity contribution < 1.29 is 22.7 Å². The second-order valence-electron chi connectivity index (χ2n) is 5.09. The van der Waals surface area contributed by atoms with Gasteiger partial charge in [0.25, 0.3) is 0 Å². The van der Waals surface area contributed by atoms with Crippen molar-refractivity contribution >= 4 is 5.91 Å². The number of nitrogens with zero attached hydrogens (tertiary/aromatic N) is 1. The molecule has 3 nitrogen and oxygen atoms in total. The highest BCUT2D eigenvalue weighted by Crippen LogP contribution is 2.33. The molecule has 1 aromatic rings. The molecule has 6 heteroatoms. The number of amides is 1. The normalized spacial score (nSPS) is 19.0. The van der Waals surface area contributed by atoms with Crippen LogP contribution in [-0.2, 0) is 15.7 Å². The summed E-state index contributed by atoms with van der Waals surface area (Å²) in [5.41, 5.74) is -0.00405. The molecular formula is C15H18F3NO2. The molecular weight excluding hydrogens is 283 g/mol. The van der Waals surface area contributed by atoms with Gasteiger partial charge in [-0.25, -0.2) is 0 Å². The number of alkyl halides is 3. The first-order chi connectivity index (χ1) is 9.91. The van der Waals surface area contributed by atoms with Crippen molar-refractivity contribution in [3.05, 3.63) is 35.4 Å². The number of hydrogen-bond acceptors (Lipinski definition) is 2. The Bertz CT molecular complexity index is 502. The Labute approximate surface area is 121 Å². The fourth-order valence-corrected chi connectivity index (χ4v) is 2.51. The number of benzene rings is 1. The Kier molecular flexibility index (Phi) is 4.88. The fraction of sp³-hybridized carbons (Fsp3) is 0.533. The van der Waals surface area contributed by atoms with E-state index in [0.29, 0.717) is 31.7 Å². The first kappa shape index (κ1) is 15.8. The van der Waals surface area contributed by atoms with Crippen LogP contribution >= 0.6 is 0 Å². The summed E-state index contributed by atoms with van der Waals surface area (Å²) in [5, 5.41) is 0. The third-order valence-electron chi connectivity index (χ3n) is 3.66. The van der Waals surface area contributed by atoms with Crippen LogP contribution in [0, 0.1) is 0 Å². The van der Waals surface area contributed by atoms with E-state index >= 15 is 0 Å². The molecule has 0 spiro atoms. The van der Waals surface area contributed by atoms with Crippen molar-refractivity contribution in [3.63, 3.8) is 0 Å². The van der Waals surface area contributed by atoms with Crippen molar-refractivity contribution in [1.29, 1.82) is 0 Å². The molecule has 0 radical (unpaired) electrons.